The highest BCUT2D eigenvalue weighted by Crippen LogP contribution is 2.33. The molecule has 0 aromatic heterocycles. The highest BCUT2D eigenvalue weighted by atomic mass is 16.5. The molecule has 1 amide bonds. The third-order valence-corrected chi connectivity index (χ3v) is 2.96. The SMILES string of the molecule is CC(C)NCCN1C(=O)C(C)Oc2ccccc21. The number of hydrogen-bond donors (Lipinski definition) is 1. The van der Waals surface area contributed by atoms with Gasteiger partial charge in [0.05, 0.1) is 5.69 Å². The molecule has 0 saturated carbocycles. The number of amides is 1. The summed E-state index contributed by atoms with van der Waals surface area (Å²) in [4.78, 5) is 13.9. The smallest absolute Gasteiger partial charge is 0.267 e. The summed E-state index contributed by atoms with van der Waals surface area (Å²) in [6.07, 6.45) is -0.404. The molecule has 1 unspecified atom stereocenters. The van der Waals surface area contributed by atoms with Crippen molar-refractivity contribution in [2.24, 2.45) is 0 Å². The molecule has 98 valence electrons. The number of carbonyl (C=O) groups is 1. The average Bonchev–Trinajstić information content (AvgIpc) is 2.33. The van der Waals surface area contributed by atoms with E-state index in [4.69, 9.17) is 4.74 Å². The minimum absolute atomic E-state index is 0.0271. The van der Waals surface area contributed by atoms with Gasteiger partial charge < -0.3 is 15.0 Å². The predicted octanol–water partition coefficient (Wildman–Crippen LogP) is 1.80. The van der Waals surface area contributed by atoms with Crippen molar-refractivity contribution in [3.8, 4) is 5.75 Å². The van der Waals surface area contributed by atoms with Crippen molar-refractivity contribution in [3.63, 3.8) is 0 Å². The van der Waals surface area contributed by atoms with E-state index in [0.29, 0.717) is 12.6 Å². The first-order valence-electron chi connectivity index (χ1n) is 6.40. The Morgan fingerprint density at radius 1 is 1.39 bits per heavy atom. The van der Waals surface area contributed by atoms with E-state index in [9.17, 15) is 4.79 Å². The van der Waals surface area contributed by atoms with Crippen LogP contribution in [0.2, 0.25) is 0 Å². The third-order valence-electron chi connectivity index (χ3n) is 2.96. The monoisotopic (exact) mass is 248 g/mol. The lowest BCUT2D eigenvalue weighted by Gasteiger charge is -2.33. The van der Waals surface area contributed by atoms with Crippen molar-refractivity contribution in [1.29, 1.82) is 0 Å². The fourth-order valence-electron chi connectivity index (χ4n) is 2.05. The minimum Gasteiger partial charge on any atom is -0.479 e. The molecular weight excluding hydrogens is 228 g/mol. The number of carbonyl (C=O) groups excluding carboxylic acids is 1. The van der Waals surface area contributed by atoms with Crippen molar-refractivity contribution in [2.45, 2.75) is 32.9 Å². The highest BCUT2D eigenvalue weighted by Gasteiger charge is 2.30. The summed E-state index contributed by atoms with van der Waals surface area (Å²) in [7, 11) is 0. The topological polar surface area (TPSA) is 41.6 Å². The molecule has 0 radical (unpaired) electrons. The van der Waals surface area contributed by atoms with Crippen LogP contribution in [0.25, 0.3) is 0 Å². The first kappa shape index (κ1) is 12.9. The maximum atomic E-state index is 12.1. The van der Waals surface area contributed by atoms with E-state index >= 15 is 0 Å². The molecule has 0 aliphatic carbocycles. The number of anilines is 1. The number of para-hydroxylation sites is 2. The standard InChI is InChI=1S/C14H20N2O2/c1-10(2)15-8-9-16-12-6-4-5-7-13(12)18-11(3)14(16)17/h4-7,10-11,15H,8-9H2,1-3H3. The zero-order chi connectivity index (χ0) is 13.1. The highest BCUT2D eigenvalue weighted by molar-refractivity contribution is 5.99. The van der Waals surface area contributed by atoms with Gasteiger partial charge in [0.25, 0.3) is 5.91 Å². The van der Waals surface area contributed by atoms with E-state index in [1.807, 2.05) is 24.3 Å². The summed E-state index contributed by atoms with van der Waals surface area (Å²) < 4.78 is 5.59. The molecule has 18 heavy (non-hydrogen) atoms. The molecule has 1 aromatic rings. The van der Waals surface area contributed by atoms with Gasteiger partial charge in [0.1, 0.15) is 5.75 Å². The lowest BCUT2D eigenvalue weighted by Crippen LogP contribution is -2.47. The molecule has 4 nitrogen and oxygen atoms in total. The molecule has 2 rings (SSSR count). The van der Waals surface area contributed by atoms with E-state index in [-0.39, 0.29) is 5.91 Å². The van der Waals surface area contributed by atoms with E-state index in [0.717, 1.165) is 18.0 Å². The third kappa shape index (κ3) is 2.64. The molecule has 4 heteroatoms. The van der Waals surface area contributed by atoms with Crippen LogP contribution in [-0.4, -0.2) is 31.1 Å². The Hall–Kier alpha value is -1.55. The van der Waals surface area contributed by atoms with Crippen LogP contribution in [0.1, 0.15) is 20.8 Å². The second-order valence-electron chi connectivity index (χ2n) is 4.83. The van der Waals surface area contributed by atoms with Gasteiger partial charge in [-0.05, 0) is 19.1 Å². The number of rotatable bonds is 4. The molecule has 1 aliphatic heterocycles. The Kier molecular flexibility index (Phi) is 3.87. The average molecular weight is 248 g/mol. The Morgan fingerprint density at radius 2 is 2.11 bits per heavy atom. The van der Waals surface area contributed by atoms with Crippen LogP contribution in [0.4, 0.5) is 5.69 Å². The van der Waals surface area contributed by atoms with Gasteiger partial charge in [-0.2, -0.15) is 0 Å². The van der Waals surface area contributed by atoms with Crippen molar-refractivity contribution in [1.82, 2.24) is 5.32 Å². The van der Waals surface area contributed by atoms with Gasteiger partial charge in [0.15, 0.2) is 6.10 Å². The lowest BCUT2D eigenvalue weighted by molar-refractivity contribution is -0.125. The van der Waals surface area contributed by atoms with Crippen LogP contribution in [0, 0.1) is 0 Å². The van der Waals surface area contributed by atoms with Crippen LogP contribution >= 0.6 is 0 Å². The predicted molar refractivity (Wildman–Crippen MR) is 72.0 cm³/mol. The second-order valence-corrected chi connectivity index (χ2v) is 4.83. The number of ether oxygens (including phenoxy) is 1. The molecular formula is C14H20N2O2. The Morgan fingerprint density at radius 3 is 2.83 bits per heavy atom. The normalized spacial score (nSPS) is 18.8. The van der Waals surface area contributed by atoms with Gasteiger partial charge in [-0.25, -0.2) is 0 Å². The van der Waals surface area contributed by atoms with Crippen LogP contribution in [0.3, 0.4) is 0 Å². The molecule has 1 atom stereocenters. The van der Waals surface area contributed by atoms with Crippen molar-refractivity contribution < 1.29 is 9.53 Å². The van der Waals surface area contributed by atoms with Crippen molar-refractivity contribution >= 4 is 11.6 Å². The number of benzene rings is 1. The zero-order valence-corrected chi connectivity index (χ0v) is 11.1. The summed E-state index contributed by atoms with van der Waals surface area (Å²) in [5.41, 5.74) is 0.867. The van der Waals surface area contributed by atoms with E-state index in [1.165, 1.54) is 0 Å². The van der Waals surface area contributed by atoms with Gasteiger partial charge in [0.2, 0.25) is 0 Å². The summed E-state index contributed by atoms with van der Waals surface area (Å²) in [6.45, 7) is 7.43. The van der Waals surface area contributed by atoms with E-state index in [1.54, 1.807) is 11.8 Å². The molecule has 1 aliphatic rings. The molecule has 0 bridgehead atoms. The van der Waals surface area contributed by atoms with E-state index < -0.39 is 6.10 Å². The molecule has 1 aromatic carbocycles. The van der Waals surface area contributed by atoms with Gasteiger partial charge in [-0.15, -0.1) is 0 Å². The quantitative estimate of drug-likeness (QED) is 0.883. The fourth-order valence-corrected chi connectivity index (χ4v) is 2.05. The number of nitrogens with zero attached hydrogens (tertiary/aromatic N) is 1. The maximum absolute atomic E-state index is 12.1. The van der Waals surface area contributed by atoms with E-state index in [2.05, 4.69) is 19.2 Å². The summed E-state index contributed by atoms with van der Waals surface area (Å²) >= 11 is 0. The number of fused-ring (bicyclic) bond motifs is 1. The Bertz CT molecular complexity index is 432. The van der Waals surface area contributed by atoms with Crippen molar-refractivity contribution in [2.75, 3.05) is 18.0 Å². The number of hydrogen-bond acceptors (Lipinski definition) is 3. The largest absolute Gasteiger partial charge is 0.479 e. The zero-order valence-electron chi connectivity index (χ0n) is 11.1. The van der Waals surface area contributed by atoms with Gasteiger partial charge >= 0.3 is 0 Å². The fraction of sp³-hybridized carbons (Fsp3) is 0.500. The second kappa shape index (κ2) is 5.40. The first-order chi connectivity index (χ1) is 8.59. The Labute approximate surface area is 108 Å². The van der Waals surface area contributed by atoms with Crippen LogP contribution in [0.5, 0.6) is 5.75 Å². The molecule has 1 N–H and O–H groups in total. The molecule has 0 spiro atoms. The van der Waals surface area contributed by atoms with Gasteiger partial charge in [-0.1, -0.05) is 26.0 Å². The first-order valence-corrected chi connectivity index (χ1v) is 6.40. The molecule has 0 saturated heterocycles. The summed E-state index contributed by atoms with van der Waals surface area (Å²) in [6, 6.07) is 8.10. The molecule has 1 heterocycles. The van der Waals surface area contributed by atoms with Crippen LogP contribution < -0.4 is 15.0 Å². The van der Waals surface area contributed by atoms with Crippen molar-refractivity contribution in [3.05, 3.63) is 24.3 Å². The maximum Gasteiger partial charge on any atom is 0.267 e. The molecule has 0 fully saturated rings. The summed E-state index contributed by atoms with van der Waals surface area (Å²) in [5.74, 6) is 0.813. The number of nitrogens with one attached hydrogen (secondary N) is 1. The van der Waals surface area contributed by atoms with Crippen LogP contribution in [-0.2, 0) is 4.79 Å². The van der Waals surface area contributed by atoms with Gasteiger partial charge in [0, 0.05) is 19.1 Å². The Balaban J connectivity index is 2.14. The lowest BCUT2D eigenvalue weighted by atomic mass is 10.2. The minimum atomic E-state index is -0.404. The van der Waals surface area contributed by atoms with Gasteiger partial charge in [-0.3, -0.25) is 4.79 Å². The summed E-state index contributed by atoms with van der Waals surface area (Å²) in [5, 5.41) is 3.32. The van der Waals surface area contributed by atoms with Crippen LogP contribution in [0.15, 0.2) is 24.3 Å².